The van der Waals surface area contributed by atoms with Crippen LogP contribution in [0.5, 0.6) is 0 Å². The van der Waals surface area contributed by atoms with E-state index in [1.165, 1.54) is 128 Å². The van der Waals surface area contributed by atoms with E-state index in [2.05, 4.69) is 13.8 Å². The van der Waals surface area contributed by atoms with Gasteiger partial charge in [-0.3, -0.25) is 0 Å². The molecule has 164 valence electrons. The Bertz CT molecular complexity index is 280. The summed E-state index contributed by atoms with van der Waals surface area (Å²) in [7, 11) is 1.85. The second kappa shape index (κ2) is 20.9. The van der Waals surface area contributed by atoms with Crippen molar-refractivity contribution < 1.29 is 8.85 Å². The van der Waals surface area contributed by atoms with Gasteiger partial charge in [0.2, 0.25) is 0 Å². The monoisotopic (exact) mass is 400 g/mol. The predicted octanol–water partition coefficient (Wildman–Crippen LogP) is 8.78. The summed E-state index contributed by atoms with van der Waals surface area (Å²) in [6.07, 6.45) is 25.1. The summed E-state index contributed by atoms with van der Waals surface area (Å²) in [6, 6.07) is 2.36. The van der Waals surface area contributed by atoms with Crippen LogP contribution in [0.2, 0.25) is 12.1 Å². The Morgan fingerprint density at radius 1 is 0.407 bits per heavy atom. The number of rotatable bonds is 22. The summed E-state index contributed by atoms with van der Waals surface area (Å²) in [4.78, 5) is 0. The molecule has 0 atom stereocenters. The summed E-state index contributed by atoms with van der Waals surface area (Å²) in [5.41, 5.74) is 0. The van der Waals surface area contributed by atoms with Gasteiger partial charge in [-0.15, -0.1) is 0 Å². The lowest BCUT2D eigenvalue weighted by Crippen LogP contribution is -2.39. The molecule has 0 rings (SSSR count). The molecule has 0 amide bonds. The first-order chi connectivity index (χ1) is 13.2. The Hall–Kier alpha value is 0.137. The van der Waals surface area contributed by atoms with E-state index < -0.39 is 8.56 Å². The van der Waals surface area contributed by atoms with Gasteiger partial charge in [-0.05, 0) is 12.1 Å². The van der Waals surface area contributed by atoms with Gasteiger partial charge < -0.3 is 8.85 Å². The van der Waals surface area contributed by atoms with Crippen molar-refractivity contribution in [2.45, 2.75) is 142 Å². The molecule has 0 aliphatic carbocycles. The summed E-state index contributed by atoms with van der Waals surface area (Å²) in [6.45, 7) is 4.56. The molecular weight excluding hydrogens is 348 g/mol. The molecule has 0 spiro atoms. The first-order valence-corrected chi connectivity index (χ1v) is 14.6. The second-order valence-corrected chi connectivity index (χ2v) is 12.1. The largest absolute Gasteiger partial charge is 0.398 e. The van der Waals surface area contributed by atoms with Gasteiger partial charge in [-0.2, -0.15) is 0 Å². The van der Waals surface area contributed by atoms with Crippen LogP contribution in [0.25, 0.3) is 0 Å². The fourth-order valence-electron chi connectivity index (χ4n) is 4.03. The van der Waals surface area contributed by atoms with Gasteiger partial charge in [0.1, 0.15) is 0 Å². The molecule has 0 bridgehead atoms. The molecule has 0 aliphatic heterocycles. The molecular formula is C24H52O2Si. The molecule has 0 N–H and O–H groups in total. The van der Waals surface area contributed by atoms with Crippen molar-refractivity contribution in [1.29, 1.82) is 0 Å². The molecule has 0 aromatic heterocycles. The average Bonchev–Trinajstić information content (AvgIpc) is 2.70. The van der Waals surface area contributed by atoms with Crippen molar-refractivity contribution in [2.75, 3.05) is 14.2 Å². The van der Waals surface area contributed by atoms with Gasteiger partial charge in [0.05, 0.1) is 0 Å². The van der Waals surface area contributed by atoms with E-state index in [1.807, 2.05) is 14.2 Å². The standard InChI is InChI=1S/C24H52O2Si/c1-5-7-9-11-12-13-14-15-16-17-18-19-20-22-24-27(25-3,26-4)23-21-10-8-6-2/h5-24H2,1-4H3. The van der Waals surface area contributed by atoms with E-state index in [0.717, 1.165) is 0 Å². The van der Waals surface area contributed by atoms with Crippen LogP contribution < -0.4 is 0 Å². The Morgan fingerprint density at radius 2 is 0.667 bits per heavy atom. The first kappa shape index (κ1) is 27.1. The van der Waals surface area contributed by atoms with Gasteiger partial charge in [0, 0.05) is 14.2 Å². The van der Waals surface area contributed by atoms with Crippen LogP contribution in [0.1, 0.15) is 129 Å². The van der Waals surface area contributed by atoms with Gasteiger partial charge in [0.15, 0.2) is 0 Å². The van der Waals surface area contributed by atoms with Crippen LogP contribution in [0.3, 0.4) is 0 Å². The van der Waals surface area contributed by atoms with Crippen LogP contribution in [0, 0.1) is 0 Å². The van der Waals surface area contributed by atoms with E-state index in [9.17, 15) is 0 Å². The van der Waals surface area contributed by atoms with Crippen molar-refractivity contribution in [1.82, 2.24) is 0 Å². The van der Waals surface area contributed by atoms with E-state index >= 15 is 0 Å². The minimum Gasteiger partial charge on any atom is -0.398 e. The van der Waals surface area contributed by atoms with Crippen molar-refractivity contribution in [2.24, 2.45) is 0 Å². The van der Waals surface area contributed by atoms with Gasteiger partial charge in [-0.1, -0.05) is 129 Å². The van der Waals surface area contributed by atoms with E-state index in [0.29, 0.717) is 0 Å². The highest BCUT2D eigenvalue weighted by molar-refractivity contribution is 6.67. The smallest absolute Gasteiger partial charge is 0.337 e. The number of unbranched alkanes of at least 4 members (excludes halogenated alkanes) is 16. The van der Waals surface area contributed by atoms with Crippen LogP contribution in [-0.2, 0) is 8.85 Å². The first-order valence-electron chi connectivity index (χ1n) is 12.3. The highest BCUT2D eigenvalue weighted by Crippen LogP contribution is 2.25. The molecule has 0 heterocycles. The maximum absolute atomic E-state index is 5.90. The Labute approximate surface area is 173 Å². The SMILES string of the molecule is CCCCCCCCCCCCCCCC[Si](CCCCCC)(OC)OC. The summed E-state index contributed by atoms with van der Waals surface area (Å²) in [5.74, 6) is 0. The maximum Gasteiger partial charge on any atom is 0.337 e. The zero-order valence-electron chi connectivity index (χ0n) is 19.5. The quantitative estimate of drug-likeness (QED) is 0.133. The van der Waals surface area contributed by atoms with Crippen molar-refractivity contribution in [3.8, 4) is 0 Å². The lowest BCUT2D eigenvalue weighted by Gasteiger charge is -2.27. The van der Waals surface area contributed by atoms with Crippen LogP contribution in [0.15, 0.2) is 0 Å². The Morgan fingerprint density at radius 3 is 0.963 bits per heavy atom. The summed E-state index contributed by atoms with van der Waals surface area (Å²) in [5, 5.41) is 0. The fourth-order valence-corrected chi connectivity index (χ4v) is 6.84. The van der Waals surface area contributed by atoms with Crippen LogP contribution >= 0.6 is 0 Å². The van der Waals surface area contributed by atoms with Crippen LogP contribution in [0.4, 0.5) is 0 Å². The zero-order chi connectivity index (χ0) is 20.1. The van der Waals surface area contributed by atoms with Crippen molar-refractivity contribution in [3.05, 3.63) is 0 Å². The van der Waals surface area contributed by atoms with Gasteiger partial charge in [0.25, 0.3) is 0 Å². The third-order valence-electron chi connectivity index (χ3n) is 6.07. The minimum absolute atomic E-state index is 1.18. The maximum atomic E-state index is 5.90. The fraction of sp³-hybridized carbons (Fsp3) is 1.00. The molecule has 0 fully saturated rings. The lowest BCUT2D eigenvalue weighted by atomic mass is 10.0. The topological polar surface area (TPSA) is 18.5 Å². The van der Waals surface area contributed by atoms with Crippen LogP contribution in [-0.4, -0.2) is 22.8 Å². The number of hydrogen-bond donors (Lipinski definition) is 0. The summed E-state index contributed by atoms with van der Waals surface area (Å²) < 4.78 is 11.8. The average molecular weight is 401 g/mol. The van der Waals surface area contributed by atoms with E-state index in [1.54, 1.807) is 0 Å². The lowest BCUT2D eigenvalue weighted by molar-refractivity contribution is 0.238. The molecule has 0 unspecified atom stereocenters. The Balaban J connectivity index is 3.49. The molecule has 0 aliphatic rings. The zero-order valence-corrected chi connectivity index (χ0v) is 20.5. The van der Waals surface area contributed by atoms with Crippen molar-refractivity contribution in [3.63, 3.8) is 0 Å². The minimum atomic E-state index is -1.90. The molecule has 0 saturated carbocycles. The molecule has 3 heteroatoms. The molecule has 0 saturated heterocycles. The van der Waals surface area contributed by atoms with Gasteiger partial charge >= 0.3 is 8.56 Å². The van der Waals surface area contributed by atoms with Crippen molar-refractivity contribution >= 4 is 8.56 Å². The number of hydrogen-bond acceptors (Lipinski definition) is 2. The molecule has 2 nitrogen and oxygen atoms in total. The molecule has 27 heavy (non-hydrogen) atoms. The Kier molecular flexibility index (Phi) is 21.0. The third kappa shape index (κ3) is 16.8. The van der Waals surface area contributed by atoms with E-state index in [4.69, 9.17) is 8.85 Å². The summed E-state index contributed by atoms with van der Waals surface area (Å²) >= 11 is 0. The molecule has 0 radical (unpaired) electrons. The highest BCUT2D eigenvalue weighted by Gasteiger charge is 2.33. The molecule has 0 aromatic carbocycles. The van der Waals surface area contributed by atoms with E-state index in [-0.39, 0.29) is 0 Å². The predicted molar refractivity (Wildman–Crippen MR) is 124 cm³/mol. The third-order valence-corrected chi connectivity index (χ3v) is 9.79. The van der Waals surface area contributed by atoms with Gasteiger partial charge in [-0.25, -0.2) is 0 Å². The normalized spacial score (nSPS) is 12.0. The molecule has 0 aromatic rings. The second-order valence-electron chi connectivity index (χ2n) is 8.48. The highest BCUT2D eigenvalue weighted by atomic mass is 28.4.